The minimum atomic E-state index is 0. The SMILES string of the molecule is O=C1C[NH2+]c2ncccc2N1.[Cl-]. The normalized spacial score (nSPS) is 14.2. The van der Waals surface area contributed by atoms with E-state index in [4.69, 9.17) is 0 Å². The third-order valence-electron chi connectivity index (χ3n) is 1.59. The Bertz CT molecular complexity index is 302. The third kappa shape index (κ3) is 1.54. The molecule has 1 amide bonds. The van der Waals surface area contributed by atoms with Gasteiger partial charge in [0.1, 0.15) is 5.69 Å². The van der Waals surface area contributed by atoms with E-state index in [2.05, 4.69) is 10.3 Å². The van der Waals surface area contributed by atoms with Crippen molar-refractivity contribution in [3.8, 4) is 0 Å². The number of fused-ring (bicyclic) bond motifs is 1. The molecule has 1 aliphatic rings. The van der Waals surface area contributed by atoms with Gasteiger partial charge in [0, 0.05) is 6.20 Å². The molecule has 0 saturated heterocycles. The minimum absolute atomic E-state index is 0. The van der Waals surface area contributed by atoms with Crippen LogP contribution in [0.2, 0.25) is 0 Å². The van der Waals surface area contributed by atoms with Crippen LogP contribution in [0.25, 0.3) is 0 Å². The molecule has 0 bridgehead atoms. The van der Waals surface area contributed by atoms with Crippen molar-refractivity contribution in [3.63, 3.8) is 0 Å². The molecule has 0 atom stereocenters. The highest BCUT2D eigenvalue weighted by molar-refractivity contribution is 5.94. The molecule has 3 N–H and O–H groups in total. The predicted molar refractivity (Wildman–Crippen MR) is 39.3 cm³/mol. The van der Waals surface area contributed by atoms with E-state index in [1.165, 1.54) is 0 Å². The van der Waals surface area contributed by atoms with Gasteiger partial charge in [-0.3, -0.25) is 10.1 Å². The molecule has 0 aliphatic carbocycles. The van der Waals surface area contributed by atoms with Gasteiger partial charge in [-0.15, -0.1) is 0 Å². The second-order valence-electron chi connectivity index (χ2n) is 2.39. The average molecular weight is 186 g/mol. The summed E-state index contributed by atoms with van der Waals surface area (Å²) in [6.07, 6.45) is 1.72. The van der Waals surface area contributed by atoms with Gasteiger partial charge in [-0.25, -0.2) is 4.98 Å². The molecule has 0 unspecified atom stereocenters. The molecule has 1 aliphatic heterocycles. The largest absolute Gasteiger partial charge is 1.00 e. The number of carbonyl (C=O) groups is 1. The molecule has 2 rings (SSSR count). The zero-order chi connectivity index (χ0) is 7.68. The molecule has 0 radical (unpaired) electrons. The zero-order valence-corrected chi connectivity index (χ0v) is 7.01. The zero-order valence-electron chi connectivity index (χ0n) is 6.25. The molecule has 1 aromatic heterocycles. The van der Waals surface area contributed by atoms with Crippen LogP contribution < -0.4 is 23.0 Å². The number of anilines is 1. The van der Waals surface area contributed by atoms with Crippen LogP contribution in [0.15, 0.2) is 18.3 Å². The van der Waals surface area contributed by atoms with Crippen molar-refractivity contribution in [3.05, 3.63) is 18.3 Å². The molecule has 1 aromatic rings. The van der Waals surface area contributed by atoms with Crippen LogP contribution in [-0.4, -0.2) is 17.4 Å². The molecule has 5 heteroatoms. The average Bonchev–Trinajstić information content (AvgIpc) is 2.04. The van der Waals surface area contributed by atoms with Gasteiger partial charge < -0.3 is 17.7 Å². The van der Waals surface area contributed by atoms with E-state index >= 15 is 0 Å². The molecule has 0 aromatic carbocycles. The molecule has 64 valence electrons. The molecular weight excluding hydrogens is 178 g/mol. The van der Waals surface area contributed by atoms with Crippen LogP contribution in [0.4, 0.5) is 11.5 Å². The Balaban J connectivity index is 0.000000720. The first-order valence-electron chi connectivity index (χ1n) is 3.44. The molecule has 12 heavy (non-hydrogen) atoms. The Morgan fingerprint density at radius 1 is 1.58 bits per heavy atom. The fraction of sp³-hybridized carbons (Fsp3) is 0.143. The number of rotatable bonds is 0. The van der Waals surface area contributed by atoms with Crippen molar-refractivity contribution < 1.29 is 22.5 Å². The Hall–Kier alpha value is -1.13. The van der Waals surface area contributed by atoms with Crippen LogP contribution in [0.1, 0.15) is 0 Å². The smallest absolute Gasteiger partial charge is 0.280 e. The second-order valence-corrected chi connectivity index (χ2v) is 2.39. The summed E-state index contributed by atoms with van der Waals surface area (Å²) in [7, 11) is 0. The van der Waals surface area contributed by atoms with E-state index in [0.29, 0.717) is 6.54 Å². The number of aromatic nitrogens is 1. The lowest BCUT2D eigenvalue weighted by molar-refractivity contribution is -0.563. The number of carbonyl (C=O) groups excluding carboxylic acids is 1. The van der Waals surface area contributed by atoms with Gasteiger partial charge in [-0.2, -0.15) is 0 Å². The summed E-state index contributed by atoms with van der Waals surface area (Å²) in [5.74, 6) is 0.901. The summed E-state index contributed by atoms with van der Waals surface area (Å²) < 4.78 is 0. The summed E-state index contributed by atoms with van der Waals surface area (Å²) in [6.45, 7) is 0.435. The minimum Gasteiger partial charge on any atom is -1.00 e. The maximum atomic E-state index is 10.9. The lowest BCUT2D eigenvalue weighted by atomic mass is 10.3. The molecular formula is C7H8ClN3O. The summed E-state index contributed by atoms with van der Waals surface area (Å²) in [6, 6.07) is 3.65. The fourth-order valence-electron chi connectivity index (χ4n) is 1.08. The maximum absolute atomic E-state index is 10.9. The van der Waals surface area contributed by atoms with Crippen molar-refractivity contribution in [2.45, 2.75) is 0 Å². The number of nitrogens with one attached hydrogen (secondary N) is 1. The summed E-state index contributed by atoms with van der Waals surface area (Å²) in [5.41, 5.74) is 0.809. The van der Waals surface area contributed by atoms with E-state index in [1.807, 2.05) is 11.4 Å². The molecule has 0 spiro atoms. The van der Waals surface area contributed by atoms with Gasteiger partial charge >= 0.3 is 0 Å². The maximum Gasteiger partial charge on any atom is 0.280 e. The van der Waals surface area contributed by atoms with Crippen LogP contribution in [0, 0.1) is 0 Å². The Labute approximate surface area is 75.8 Å². The summed E-state index contributed by atoms with van der Waals surface area (Å²) >= 11 is 0. The van der Waals surface area contributed by atoms with Crippen molar-refractivity contribution in [2.24, 2.45) is 0 Å². The number of halogens is 1. The van der Waals surface area contributed by atoms with E-state index in [0.717, 1.165) is 11.5 Å². The Morgan fingerprint density at radius 2 is 2.42 bits per heavy atom. The van der Waals surface area contributed by atoms with Crippen molar-refractivity contribution in [1.82, 2.24) is 4.98 Å². The highest BCUT2D eigenvalue weighted by Crippen LogP contribution is 2.13. The number of amides is 1. The molecule has 0 fully saturated rings. The van der Waals surface area contributed by atoms with E-state index in [9.17, 15) is 4.79 Å². The number of hydrogen-bond acceptors (Lipinski definition) is 2. The Kier molecular flexibility index (Phi) is 2.62. The van der Waals surface area contributed by atoms with Crippen molar-refractivity contribution in [1.29, 1.82) is 0 Å². The highest BCUT2D eigenvalue weighted by atomic mass is 35.5. The van der Waals surface area contributed by atoms with Gasteiger partial charge in [0.2, 0.25) is 5.82 Å². The van der Waals surface area contributed by atoms with Gasteiger partial charge in [0.15, 0.2) is 6.54 Å². The lowest BCUT2D eigenvalue weighted by Gasteiger charge is -2.11. The van der Waals surface area contributed by atoms with Gasteiger partial charge in [0.25, 0.3) is 5.91 Å². The van der Waals surface area contributed by atoms with Gasteiger partial charge in [-0.05, 0) is 12.1 Å². The molecule has 0 saturated carbocycles. The monoisotopic (exact) mass is 185 g/mol. The third-order valence-corrected chi connectivity index (χ3v) is 1.59. The number of hydrogen-bond donors (Lipinski definition) is 2. The predicted octanol–water partition coefficient (Wildman–Crippen LogP) is -3.77. The standard InChI is InChI=1S/C7H7N3O.ClH/c11-6-4-9-7-5(10-6)2-1-3-8-7;/h1-3H,4H2,(H,8,9)(H,10,11);1H. The summed E-state index contributed by atoms with van der Waals surface area (Å²) in [5, 5.41) is 4.55. The highest BCUT2D eigenvalue weighted by Gasteiger charge is 2.17. The van der Waals surface area contributed by atoms with Crippen LogP contribution in [0.3, 0.4) is 0 Å². The molecule has 2 heterocycles. The van der Waals surface area contributed by atoms with Crippen molar-refractivity contribution >= 4 is 17.4 Å². The molecule has 4 nitrogen and oxygen atoms in total. The van der Waals surface area contributed by atoms with Crippen LogP contribution in [0.5, 0.6) is 0 Å². The van der Waals surface area contributed by atoms with Crippen molar-refractivity contribution in [2.75, 3.05) is 11.9 Å². The van der Waals surface area contributed by atoms with Crippen LogP contribution in [-0.2, 0) is 4.79 Å². The second kappa shape index (κ2) is 3.51. The lowest BCUT2D eigenvalue weighted by Crippen LogP contribution is -3.00. The number of quaternary nitrogens is 1. The quantitative estimate of drug-likeness (QED) is 0.436. The van der Waals surface area contributed by atoms with Gasteiger partial charge in [0.05, 0.1) is 0 Å². The van der Waals surface area contributed by atoms with E-state index < -0.39 is 0 Å². The fourth-order valence-corrected chi connectivity index (χ4v) is 1.08. The topological polar surface area (TPSA) is 58.6 Å². The number of pyridine rings is 1. The Morgan fingerprint density at radius 3 is 3.25 bits per heavy atom. The van der Waals surface area contributed by atoms with Gasteiger partial charge in [-0.1, -0.05) is 0 Å². The number of nitrogens with two attached hydrogens (primary N) is 1. The van der Waals surface area contributed by atoms with E-state index in [1.54, 1.807) is 12.3 Å². The van der Waals surface area contributed by atoms with E-state index in [-0.39, 0.29) is 18.3 Å². The van der Waals surface area contributed by atoms with Crippen LogP contribution >= 0.6 is 0 Å². The summed E-state index contributed by atoms with van der Waals surface area (Å²) in [4.78, 5) is 14.9. The first kappa shape index (κ1) is 8.96. The number of nitrogens with zero attached hydrogens (tertiary/aromatic N) is 1. The first-order valence-corrected chi connectivity index (χ1v) is 3.44. The first-order chi connectivity index (χ1) is 5.36.